The van der Waals surface area contributed by atoms with Crippen LogP contribution in [0.25, 0.3) is 0 Å². The highest BCUT2D eigenvalue weighted by molar-refractivity contribution is 5.89. The monoisotopic (exact) mass is 293 g/mol. The summed E-state index contributed by atoms with van der Waals surface area (Å²) in [6.07, 6.45) is 4.76. The molecule has 1 aliphatic heterocycles. The van der Waals surface area contributed by atoms with Crippen LogP contribution in [-0.2, 0) is 9.59 Å². The summed E-state index contributed by atoms with van der Waals surface area (Å²) in [4.78, 5) is 28.0. The van der Waals surface area contributed by atoms with Crippen molar-refractivity contribution in [2.75, 3.05) is 26.7 Å². The second-order valence-corrected chi connectivity index (χ2v) is 5.94. The van der Waals surface area contributed by atoms with E-state index in [1.54, 1.807) is 11.9 Å². The van der Waals surface area contributed by atoms with Crippen LogP contribution in [0.15, 0.2) is 0 Å². The first-order valence-corrected chi connectivity index (χ1v) is 7.95. The number of rotatable bonds is 7. The van der Waals surface area contributed by atoms with E-state index >= 15 is 0 Å². The van der Waals surface area contributed by atoms with E-state index < -0.39 is 5.41 Å². The highest BCUT2D eigenvalue weighted by atomic mass is 16.2. The third-order valence-corrected chi connectivity index (χ3v) is 4.15. The minimum absolute atomic E-state index is 0.0109. The normalized spacial score (nSPS) is 14.9. The predicted octanol–water partition coefficient (Wildman–Crippen LogP) is 2.18. The van der Waals surface area contributed by atoms with Crippen molar-refractivity contribution in [1.29, 1.82) is 5.26 Å². The first kappa shape index (κ1) is 17.5. The minimum atomic E-state index is -0.969. The standard InChI is InChI=1S/C16H27N3O2/c1-4-8-16(13-17,9-5-2)15(21)18(3)12-14(20)19-10-6-7-11-19/h4-12H2,1-3H3. The molecule has 5 nitrogen and oxygen atoms in total. The van der Waals surface area contributed by atoms with Crippen LogP contribution < -0.4 is 0 Å². The number of amides is 2. The van der Waals surface area contributed by atoms with Crippen LogP contribution in [0.5, 0.6) is 0 Å². The molecular formula is C16H27N3O2. The maximum atomic E-state index is 12.7. The quantitative estimate of drug-likeness (QED) is 0.722. The molecule has 1 fully saturated rings. The Hall–Kier alpha value is -1.57. The molecule has 0 aliphatic carbocycles. The Kier molecular flexibility index (Phi) is 6.67. The average molecular weight is 293 g/mol. The minimum Gasteiger partial charge on any atom is -0.341 e. The van der Waals surface area contributed by atoms with Gasteiger partial charge in [0.15, 0.2) is 0 Å². The van der Waals surface area contributed by atoms with Crippen molar-refractivity contribution in [1.82, 2.24) is 9.80 Å². The number of likely N-dealkylation sites (tertiary alicyclic amines) is 1. The fourth-order valence-corrected chi connectivity index (χ4v) is 3.06. The van der Waals surface area contributed by atoms with Crippen LogP contribution in [0.3, 0.4) is 0 Å². The summed E-state index contributed by atoms with van der Waals surface area (Å²) in [6, 6.07) is 2.22. The Labute approximate surface area is 127 Å². The molecule has 0 aromatic rings. The van der Waals surface area contributed by atoms with Gasteiger partial charge in [-0.05, 0) is 25.7 Å². The lowest BCUT2D eigenvalue weighted by molar-refractivity contribution is -0.144. The molecule has 0 unspecified atom stereocenters. The Balaban J connectivity index is 2.73. The predicted molar refractivity (Wildman–Crippen MR) is 81.3 cm³/mol. The van der Waals surface area contributed by atoms with E-state index in [1.165, 1.54) is 4.90 Å². The molecule has 0 radical (unpaired) electrons. The maximum Gasteiger partial charge on any atom is 0.243 e. The largest absolute Gasteiger partial charge is 0.341 e. The van der Waals surface area contributed by atoms with Crippen molar-refractivity contribution in [3.8, 4) is 6.07 Å². The van der Waals surface area contributed by atoms with Crippen LogP contribution in [0.4, 0.5) is 0 Å². The van der Waals surface area contributed by atoms with E-state index in [0.29, 0.717) is 12.8 Å². The van der Waals surface area contributed by atoms with Gasteiger partial charge in [-0.1, -0.05) is 26.7 Å². The van der Waals surface area contributed by atoms with Crippen molar-refractivity contribution >= 4 is 11.8 Å². The van der Waals surface area contributed by atoms with Gasteiger partial charge in [0, 0.05) is 20.1 Å². The van der Waals surface area contributed by atoms with E-state index in [1.807, 2.05) is 13.8 Å². The molecule has 0 aromatic carbocycles. The molecule has 1 saturated heterocycles. The summed E-state index contributed by atoms with van der Waals surface area (Å²) in [7, 11) is 1.63. The van der Waals surface area contributed by atoms with Crippen molar-refractivity contribution in [2.45, 2.75) is 52.4 Å². The second-order valence-electron chi connectivity index (χ2n) is 5.94. The molecule has 1 rings (SSSR count). The number of nitriles is 1. The second kappa shape index (κ2) is 8.02. The third kappa shape index (κ3) is 4.20. The van der Waals surface area contributed by atoms with Crippen molar-refractivity contribution in [3.63, 3.8) is 0 Å². The summed E-state index contributed by atoms with van der Waals surface area (Å²) >= 11 is 0. The zero-order valence-corrected chi connectivity index (χ0v) is 13.5. The summed E-state index contributed by atoms with van der Waals surface area (Å²) in [5.41, 5.74) is -0.969. The van der Waals surface area contributed by atoms with Gasteiger partial charge in [-0.15, -0.1) is 0 Å². The van der Waals surface area contributed by atoms with E-state index in [0.717, 1.165) is 38.8 Å². The van der Waals surface area contributed by atoms with Gasteiger partial charge in [0.25, 0.3) is 0 Å². The average Bonchev–Trinajstić information content (AvgIpc) is 3.00. The zero-order valence-electron chi connectivity index (χ0n) is 13.5. The van der Waals surface area contributed by atoms with Crippen LogP contribution in [0.2, 0.25) is 0 Å². The van der Waals surface area contributed by atoms with Crippen LogP contribution in [0.1, 0.15) is 52.4 Å². The number of carbonyl (C=O) groups excluding carboxylic acids is 2. The summed E-state index contributed by atoms with van der Waals surface area (Å²) < 4.78 is 0. The van der Waals surface area contributed by atoms with Gasteiger partial charge in [-0.2, -0.15) is 5.26 Å². The molecule has 5 heteroatoms. The Morgan fingerprint density at radius 2 is 1.71 bits per heavy atom. The Morgan fingerprint density at radius 1 is 1.19 bits per heavy atom. The van der Waals surface area contributed by atoms with Crippen molar-refractivity contribution < 1.29 is 9.59 Å². The van der Waals surface area contributed by atoms with E-state index in [4.69, 9.17) is 0 Å². The maximum absolute atomic E-state index is 12.7. The molecule has 0 N–H and O–H groups in total. The van der Waals surface area contributed by atoms with E-state index in [2.05, 4.69) is 6.07 Å². The topological polar surface area (TPSA) is 64.4 Å². The highest BCUT2D eigenvalue weighted by Crippen LogP contribution is 2.31. The molecule has 118 valence electrons. The van der Waals surface area contributed by atoms with Gasteiger partial charge >= 0.3 is 0 Å². The fraction of sp³-hybridized carbons (Fsp3) is 0.812. The summed E-state index contributed by atoms with van der Waals surface area (Å²) in [5.74, 6) is -0.218. The molecule has 0 aromatic heterocycles. The molecule has 0 saturated carbocycles. The van der Waals surface area contributed by atoms with Gasteiger partial charge in [0.2, 0.25) is 11.8 Å². The van der Waals surface area contributed by atoms with E-state index in [-0.39, 0.29) is 18.4 Å². The van der Waals surface area contributed by atoms with Crippen LogP contribution in [0, 0.1) is 16.7 Å². The van der Waals surface area contributed by atoms with Crippen LogP contribution >= 0.6 is 0 Å². The third-order valence-electron chi connectivity index (χ3n) is 4.15. The highest BCUT2D eigenvalue weighted by Gasteiger charge is 2.39. The lowest BCUT2D eigenvalue weighted by atomic mass is 9.79. The molecule has 1 heterocycles. The number of likely N-dealkylation sites (N-methyl/N-ethyl adjacent to an activating group) is 1. The number of hydrogen-bond acceptors (Lipinski definition) is 3. The number of nitrogens with zero attached hydrogens (tertiary/aromatic N) is 3. The summed E-state index contributed by atoms with van der Waals surface area (Å²) in [6.45, 7) is 5.60. The lowest BCUT2D eigenvalue weighted by Gasteiger charge is -2.30. The Bertz CT molecular complexity index is 402. The SMILES string of the molecule is CCCC(C#N)(CCC)C(=O)N(C)CC(=O)N1CCCC1. The lowest BCUT2D eigenvalue weighted by Crippen LogP contribution is -2.46. The molecule has 0 spiro atoms. The van der Waals surface area contributed by atoms with Crippen molar-refractivity contribution in [2.24, 2.45) is 5.41 Å². The van der Waals surface area contributed by atoms with Gasteiger partial charge < -0.3 is 9.80 Å². The van der Waals surface area contributed by atoms with Gasteiger partial charge in [-0.25, -0.2) is 0 Å². The zero-order chi connectivity index (χ0) is 15.9. The molecule has 0 bridgehead atoms. The number of hydrogen-bond donors (Lipinski definition) is 0. The summed E-state index contributed by atoms with van der Waals surface area (Å²) in [5, 5.41) is 9.51. The molecule has 21 heavy (non-hydrogen) atoms. The van der Waals surface area contributed by atoms with Gasteiger partial charge in [0.1, 0.15) is 5.41 Å². The van der Waals surface area contributed by atoms with Crippen molar-refractivity contribution in [3.05, 3.63) is 0 Å². The smallest absolute Gasteiger partial charge is 0.243 e. The first-order chi connectivity index (χ1) is 10.0. The first-order valence-electron chi connectivity index (χ1n) is 7.95. The Morgan fingerprint density at radius 3 is 2.14 bits per heavy atom. The molecule has 2 amide bonds. The number of carbonyl (C=O) groups is 2. The van der Waals surface area contributed by atoms with Crippen LogP contribution in [-0.4, -0.2) is 48.3 Å². The fourth-order valence-electron chi connectivity index (χ4n) is 3.06. The molecule has 1 aliphatic rings. The van der Waals surface area contributed by atoms with Gasteiger partial charge in [-0.3, -0.25) is 9.59 Å². The molecular weight excluding hydrogens is 266 g/mol. The van der Waals surface area contributed by atoms with E-state index in [9.17, 15) is 14.9 Å². The van der Waals surface area contributed by atoms with Gasteiger partial charge in [0.05, 0.1) is 12.6 Å². The molecule has 0 atom stereocenters.